The smallest absolute Gasteiger partial charge is 0.301 e. The Morgan fingerprint density at radius 2 is 1.71 bits per heavy atom. The number of aliphatic hydroxyl groups is 1. The van der Waals surface area contributed by atoms with E-state index in [2.05, 4.69) is 15.2 Å². The van der Waals surface area contributed by atoms with E-state index in [1.165, 1.54) is 50.4 Å². The number of carbonyl (C=O) groups is 2. The topological polar surface area (TPSA) is 124 Å². The largest absolute Gasteiger partial charge is 0.507 e. The number of amides is 1. The molecule has 0 saturated carbocycles. The minimum atomic E-state index is -1.08. The highest BCUT2D eigenvalue weighted by molar-refractivity contribution is 8.00. The molecule has 1 saturated heterocycles. The molecule has 0 radical (unpaired) electrons. The molecule has 13 heteroatoms. The third-order valence-electron chi connectivity index (χ3n) is 6.31. The molecule has 5 rings (SSSR count). The van der Waals surface area contributed by atoms with Gasteiger partial charge >= 0.3 is 5.91 Å². The molecule has 0 spiro atoms. The zero-order chi connectivity index (χ0) is 29.1. The Labute approximate surface area is 248 Å². The number of benzene rings is 2. The lowest BCUT2D eigenvalue weighted by atomic mass is 9.95. The van der Waals surface area contributed by atoms with Gasteiger partial charge in [0.15, 0.2) is 15.8 Å². The van der Waals surface area contributed by atoms with Crippen LogP contribution in [-0.2, 0) is 15.3 Å². The Balaban J connectivity index is 1.62. The molecule has 210 valence electrons. The summed E-state index contributed by atoms with van der Waals surface area (Å²) in [5.41, 5.74) is 1.54. The highest BCUT2D eigenvalue weighted by Crippen LogP contribution is 2.48. The molecule has 1 unspecified atom stereocenters. The van der Waals surface area contributed by atoms with Crippen molar-refractivity contribution in [3.05, 3.63) is 88.2 Å². The number of ether oxygens (including phenoxy) is 3. The molecule has 2 aromatic heterocycles. The van der Waals surface area contributed by atoms with E-state index in [1.54, 1.807) is 24.3 Å². The number of aromatic nitrogens is 3. The molecule has 1 N–H and O–H groups in total. The number of Topliss-reactive ketones (excluding diaryl/α,β-unsaturated/α-hetero) is 1. The minimum Gasteiger partial charge on any atom is -0.507 e. The van der Waals surface area contributed by atoms with Gasteiger partial charge in [0.1, 0.15) is 5.76 Å². The molecule has 10 nitrogen and oxygen atoms in total. The molecule has 3 heterocycles. The zero-order valence-corrected chi connectivity index (χ0v) is 24.4. The minimum absolute atomic E-state index is 0.129. The van der Waals surface area contributed by atoms with Gasteiger partial charge in [0.05, 0.1) is 32.9 Å². The van der Waals surface area contributed by atoms with E-state index in [0.29, 0.717) is 43.5 Å². The van der Waals surface area contributed by atoms with Gasteiger partial charge in [-0.25, -0.2) is 0 Å². The molecule has 1 atom stereocenters. The number of ketones is 1. The van der Waals surface area contributed by atoms with E-state index in [-0.39, 0.29) is 16.5 Å². The number of rotatable bonds is 9. The van der Waals surface area contributed by atoms with Crippen LogP contribution in [0.25, 0.3) is 5.76 Å². The second-order valence-electron chi connectivity index (χ2n) is 8.59. The van der Waals surface area contributed by atoms with Gasteiger partial charge in [-0.2, -0.15) is 0 Å². The molecule has 0 aliphatic carbocycles. The number of halogens is 1. The summed E-state index contributed by atoms with van der Waals surface area (Å²) in [6.07, 6.45) is 2.96. The van der Waals surface area contributed by atoms with Gasteiger partial charge in [-0.15, -0.1) is 10.2 Å². The summed E-state index contributed by atoms with van der Waals surface area (Å²) in [7, 11) is 4.39. The first-order chi connectivity index (χ1) is 19.9. The van der Waals surface area contributed by atoms with Crippen molar-refractivity contribution in [1.29, 1.82) is 0 Å². The fourth-order valence-electron chi connectivity index (χ4n) is 4.38. The first-order valence-corrected chi connectivity index (χ1v) is 14.3. The van der Waals surface area contributed by atoms with Gasteiger partial charge in [0.2, 0.25) is 10.9 Å². The Morgan fingerprint density at radius 3 is 2.34 bits per heavy atom. The second kappa shape index (κ2) is 12.2. The Kier molecular flexibility index (Phi) is 8.43. The number of pyridine rings is 1. The summed E-state index contributed by atoms with van der Waals surface area (Å²) < 4.78 is 17.1. The maximum Gasteiger partial charge on any atom is 0.301 e. The zero-order valence-electron chi connectivity index (χ0n) is 22.0. The molecule has 1 aliphatic heterocycles. The summed E-state index contributed by atoms with van der Waals surface area (Å²) >= 11 is 8.84. The van der Waals surface area contributed by atoms with Gasteiger partial charge < -0.3 is 19.3 Å². The van der Waals surface area contributed by atoms with Crippen molar-refractivity contribution in [3.63, 3.8) is 0 Å². The van der Waals surface area contributed by atoms with Crippen molar-refractivity contribution < 1.29 is 28.9 Å². The third kappa shape index (κ3) is 5.45. The van der Waals surface area contributed by atoms with Crippen molar-refractivity contribution in [2.24, 2.45) is 0 Å². The van der Waals surface area contributed by atoms with Gasteiger partial charge in [-0.3, -0.25) is 19.5 Å². The van der Waals surface area contributed by atoms with Crippen LogP contribution in [0.1, 0.15) is 22.7 Å². The predicted octanol–water partition coefficient (Wildman–Crippen LogP) is 5.53. The van der Waals surface area contributed by atoms with Crippen molar-refractivity contribution in [1.82, 2.24) is 15.2 Å². The number of aliphatic hydroxyl groups excluding tert-OH is 1. The van der Waals surface area contributed by atoms with Crippen molar-refractivity contribution in [2.75, 3.05) is 26.2 Å². The number of hydrogen-bond acceptors (Lipinski definition) is 11. The van der Waals surface area contributed by atoms with E-state index in [1.807, 2.05) is 24.3 Å². The van der Waals surface area contributed by atoms with Crippen LogP contribution in [0.4, 0.5) is 5.13 Å². The molecule has 41 heavy (non-hydrogen) atoms. The normalized spacial score (nSPS) is 16.2. The first kappa shape index (κ1) is 28.4. The molecular weight excluding hydrogens is 588 g/mol. The van der Waals surface area contributed by atoms with Gasteiger partial charge in [0, 0.05) is 28.7 Å². The highest BCUT2D eigenvalue weighted by Gasteiger charge is 2.49. The highest BCUT2D eigenvalue weighted by atomic mass is 35.5. The van der Waals surface area contributed by atoms with E-state index in [4.69, 9.17) is 25.8 Å². The van der Waals surface area contributed by atoms with Gasteiger partial charge in [0.25, 0.3) is 5.78 Å². The number of nitrogens with zero attached hydrogens (tertiary/aromatic N) is 4. The number of anilines is 1. The molecule has 1 aliphatic rings. The molecule has 0 bridgehead atoms. The number of methoxy groups -OCH3 is 3. The van der Waals surface area contributed by atoms with Crippen molar-refractivity contribution >= 4 is 57.3 Å². The van der Waals surface area contributed by atoms with E-state index in [0.717, 1.165) is 16.9 Å². The average Bonchev–Trinajstić information content (AvgIpc) is 3.57. The van der Waals surface area contributed by atoms with Crippen LogP contribution < -0.4 is 19.1 Å². The van der Waals surface area contributed by atoms with Crippen LogP contribution in [-0.4, -0.2) is 53.3 Å². The predicted molar refractivity (Wildman–Crippen MR) is 156 cm³/mol. The van der Waals surface area contributed by atoms with Crippen LogP contribution in [0.5, 0.6) is 17.2 Å². The molecule has 4 aromatic rings. The standard InChI is InChI=1S/C28H23ClN4O6S2/c1-37-19-12-17(13-20(38-2)25(19)39-3)22-21(23(34)15-8-10-30-11-9-15)24(35)26(36)33(22)27-31-32-28(41-27)40-14-16-6-4-5-7-18(16)29/h4-13,22,34H,14H2,1-3H3. The Hall–Kier alpha value is -4.13. The maximum atomic E-state index is 13.5. The van der Waals surface area contributed by atoms with Crippen molar-refractivity contribution in [3.8, 4) is 17.2 Å². The average molecular weight is 611 g/mol. The summed E-state index contributed by atoms with van der Waals surface area (Å²) in [5, 5.41) is 20.6. The van der Waals surface area contributed by atoms with Crippen LogP contribution >= 0.6 is 34.7 Å². The first-order valence-electron chi connectivity index (χ1n) is 12.1. The monoisotopic (exact) mass is 610 g/mol. The number of carbonyl (C=O) groups excluding carboxylic acids is 2. The number of thioether (sulfide) groups is 1. The number of hydrogen-bond donors (Lipinski definition) is 1. The fourth-order valence-corrected chi connectivity index (χ4v) is 6.54. The second-order valence-corrected chi connectivity index (χ2v) is 11.2. The van der Waals surface area contributed by atoms with Crippen LogP contribution in [0.2, 0.25) is 5.02 Å². The molecule has 1 amide bonds. The molecular formula is C28H23ClN4O6S2. The third-order valence-corrected chi connectivity index (χ3v) is 8.79. The lowest BCUT2D eigenvalue weighted by Gasteiger charge is -2.24. The van der Waals surface area contributed by atoms with Crippen LogP contribution in [0, 0.1) is 0 Å². The summed E-state index contributed by atoms with van der Waals surface area (Å²) in [6.45, 7) is 0. The summed E-state index contributed by atoms with van der Waals surface area (Å²) in [5.74, 6) is -0.611. The Morgan fingerprint density at radius 1 is 1.02 bits per heavy atom. The van der Waals surface area contributed by atoms with Crippen molar-refractivity contribution in [2.45, 2.75) is 16.1 Å². The van der Waals surface area contributed by atoms with Gasteiger partial charge in [-0.05, 0) is 41.5 Å². The lowest BCUT2D eigenvalue weighted by Crippen LogP contribution is -2.29. The molecule has 2 aromatic carbocycles. The summed E-state index contributed by atoms with van der Waals surface area (Å²) in [4.78, 5) is 32.2. The van der Waals surface area contributed by atoms with E-state index >= 15 is 0 Å². The Bertz CT molecular complexity index is 1620. The fraction of sp³-hybridized carbons (Fsp3) is 0.179. The van der Waals surface area contributed by atoms with E-state index in [9.17, 15) is 14.7 Å². The van der Waals surface area contributed by atoms with Crippen LogP contribution in [0.3, 0.4) is 0 Å². The van der Waals surface area contributed by atoms with Crippen LogP contribution in [0.15, 0.2) is 70.8 Å². The maximum absolute atomic E-state index is 13.5. The lowest BCUT2D eigenvalue weighted by molar-refractivity contribution is -0.132. The van der Waals surface area contributed by atoms with E-state index < -0.39 is 17.7 Å². The summed E-state index contributed by atoms with van der Waals surface area (Å²) in [6, 6.07) is 12.7. The van der Waals surface area contributed by atoms with Gasteiger partial charge in [-0.1, -0.05) is 52.9 Å². The quantitative estimate of drug-likeness (QED) is 0.0850. The molecule has 1 fully saturated rings. The SMILES string of the molecule is COc1cc(C2C(=C(O)c3ccncc3)C(=O)C(=O)N2c2nnc(SCc3ccccc3Cl)s2)cc(OC)c1OC.